The van der Waals surface area contributed by atoms with E-state index in [0.717, 1.165) is 11.3 Å². The molecule has 6 heteroatoms. The minimum Gasteiger partial charge on any atom is -0.311 e. The van der Waals surface area contributed by atoms with Crippen molar-refractivity contribution in [1.82, 2.24) is 10.2 Å². The molecule has 0 radical (unpaired) electrons. The molecule has 1 aromatic carbocycles. The second-order valence-corrected chi connectivity index (χ2v) is 5.40. The third-order valence-corrected chi connectivity index (χ3v) is 4.30. The van der Waals surface area contributed by atoms with E-state index in [2.05, 4.69) is 21.4 Å². The third kappa shape index (κ3) is 1.37. The Bertz CT molecular complexity index is 848. The fourth-order valence-electron chi connectivity index (χ4n) is 3.43. The Kier molecular flexibility index (Phi) is 2.42. The van der Waals surface area contributed by atoms with E-state index in [0.29, 0.717) is 11.4 Å². The summed E-state index contributed by atoms with van der Waals surface area (Å²) in [6.45, 7) is 0.173. The van der Waals surface area contributed by atoms with Crippen LogP contribution >= 0.6 is 0 Å². The Morgan fingerprint density at radius 3 is 2.95 bits per heavy atom. The molecule has 1 unspecified atom stereocenters. The summed E-state index contributed by atoms with van der Waals surface area (Å²) in [5, 5.41) is 9.45. The highest BCUT2D eigenvalue weighted by molar-refractivity contribution is 6.15. The molecule has 108 valence electrons. The first-order valence-electron chi connectivity index (χ1n) is 6.87. The lowest BCUT2D eigenvalue weighted by Crippen LogP contribution is -2.46. The first-order valence-corrected chi connectivity index (χ1v) is 6.87. The van der Waals surface area contributed by atoms with Gasteiger partial charge in [0.1, 0.15) is 11.2 Å². The maximum atomic E-state index is 13.1. The highest BCUT2D eigenvalue weighted by atomic mass is 16.2. The summed E-state index contributed by atoms with van der Waals surface area (Å²) in [5.74, 6) is 2.59. The van der Waals surface area contributed by atoms with Crippen LogP contribution in [0.1, 0.15) is 17.5 Å². The number of H-pyrrole nitrogens is 1. The second-order valence-electron chi connectivity index (χ2n) is 5.40. The number of carbonyl (C=O) groups is 2. The number of aromatic nitrogens is 2. The van der Waals surface area contributed by atoms with E-state index in [9.17, 15) is 9.59 Å². The van der Waals surface area contributed by atoms with Gasteiger partial charge in [-0.15, -0.1) is 6.42 Å². The van der Waals surface area contributed by atoms with E-state index >= 15 is 0 Å². The zero-order valence-corrected chi connectivity index (χ0v) is 11.6. The topological polar surface area (TPSA) is 78.1 Å². The number of nitrogens with zero attached hydrogens (tertiary/aromatic N) is 2. The molecule has 22 heavy (non-hydrogen) atoms. The van der Waals surface area contributed by atoms with Crippen molar-refractivity contribution in [3.63, 3.8) is 0 Å². The van der Waals surface area contributed by atoms with Gasteiger partial charge in [0.05, 0.1) is 12.7 Å². The highest BCUT2D eigenvalue weighted by Gasteiger charge is 2.56. The first-order chi connectivity index (χ1) is 10.7. The van der Waals surface area contributed by atoms with Crippen LogP contribution in [0.3, 0.4) is 0 Å². The van der Waals surface area contributed by atoms with Crippen molar-refractivity contribution in [2.45, 2.75) is 11.8 Å². The minimum atomic E-state index is -1.04. The summed E-state index contributed by atoms with van der Waals surface area (Å²) in [6.07, 6.45) is 7.06. The maximum absolute atomic E-state index is 13.1. The van der Waals surface area contributed by atoms with E-state index < -0.39 is 5.41 Å². The number of fused-ring (bicyclic) bond motifs is 4. The fraction of sp³-hybridized carbons (Fsp3) is 0.188. The molecule has 2 N–H and O–H groups in total. The Morgan fingerprint density at radius 1 is 1.32 bits per heavy atom. The van der Waals surface area contributed by atoms with E-state index in [1.807, 2.05) is 24.3 Å². The number of aromatic amines is 1. The van der Waals surface area contributed by atoms with Gasteiger partial charge in [-0.1, -0.05) is 24.1 Å². The van der Waals surface area contributed by atoms with Crippen LogP contribution in [0.15, 0.2) is 30.5 Å². The Morgan fingerprint density at radius 2 is 2.14 bits per heavy atom. The zero-order valence-electron chi connectivity index (χ0n) is 11.6. The van der Waals surface area contributed by atoms with Gasteiger partial charge in [-0.3, -0.25) is 19.6 Å². The molecule has 6 nitrogen and oxygen atoms in total. The first kappa shape index (κ1) is 12.7. The standard InChI is InChI=1S/C16H12N4O2/c1-2-7-20-12-6-4-3-5-10(12)16(15(20)22)8-13(21)18-14-11(16)9-17-19-14/h1,3-6,9H,7-8H2,(H2,17,18,19,21). The molecular weight excluding hydrogens is 280 g/mol. The molecule has 3 heterocycles. The van der Waals surface area contributed by atoms with Gasteiger partial charge < -0.3 is 5.32 Å². The normalized spacial score (nSPS) is 22.2. The van der Waals surface area contributed by atoms with Gasteiger partial charge in [0, 0.05) is 17.7 Å². The molecule has 2 aromatic rings. The molecule has 0 saturated carbocycles. The number of para-hydroxylation sites is 1. The van der Waals surface area contributed by atoms with E-state index in [-0.39, 0.29) is 24.8 Å². The summed E-state index contributed by atoms with van der Waals surface area (Å²) >= 11 is 0. The molecule has 1 spiro atoms. The summed E-state index contributed by atoms with van der Waals surface area (Å²) in [5.41, 5.74) is 1.20. The number of anilines is 2. The summed E-state index contributed by atoms with van der Waals surface area (Å²) < 4.78 is 0. The molecule has 0 saturated heterocycles. The van der Waals surface area contributed by atoms with Crippen molar-refractivity contribution in [2.75, 3.05) is 16.8 Å². The zero-order chi connectivity index (χ0) is 15.3. The predicted octanol–water partition coefficient (Wildman–Crippen LogP) is 1.02. The number of nitrogens with one attached hydrogen (secondary N) is 2. The molecule has 2 aliphatic heterocycles. The number of terminal acetylenes is 1. The summed E-state index contributed by atoms with van der Waals surface area (Å²) in [4.78, 5) is 26.8. The van der Waals surface area contributed by atoms with Crippen LogP contribution in [0.5, 0.6) is 0 Å². The van der Waals surface area contributed by atoms with Crippen LogP contribution in [0.25, 0.3) is 0 Å². The van der Waals surface area contributed by atoms with E-state index in [1.54, 1.807) is 11.1 Å². The smallest absolute Gasteiger partial charge is 0.243 e. The van der Waals surface area contributed by atoms with Crippen molar-refractivity contribution >= 4 is 23.3 Å². The second kappa shape index (κ2) is 4.21. The van der Waals surface area contributed by atoms with Gasteiger partial charge in [-0.2, -0.15) is 5.10 Å². The molecule has 1 atom stereocenters. The van der Waals surface area contributed by atoms with E-state index in [4.69, 9.17) is 6.42 Å². The molecule has 2 amide bonds. The maximum Gasteiger partial charge on any atom is 0.243 e. The monoisotopic (exact) mass is 292 g/mol. The van der Waals surface area contributed by atoms with Gasteiger partial charge >= 0.3 is 0 Å². The lowest BCUT2D eigenvalue weighted by Gasteiger charge is -2.31. The number of hydrogen-bond acceptors (Lipinski definition) is 3. The Balaban J connectivity index is 2.02. The Hall–Kier alpha value is -3.07. The largest absolute Gasteiger partial charge is 0.311 e. The molecular formula is C16H12N4O2. The van der Waals surface area contributed by atoms with Crippen LogP contribution in [-0.4, -0.2) is 28.6 Å². The molecule has 4 rings (SSSR count). The molecule has 0 aliphatic carbocycles. The number of carbonyl (C=O) groups excluding carboxylic acids is 2. The Labute approximate surface area is 126 Å². The van der Waals surface area contributed by atoms with Gasteiger partial charge in [-0.05, 0) is 11.6 Å². The highest BCUT2D eigenvalue weighted by Crippen LogP contribution is 2.51. The molecule has 2 aliphatic rings. The quantitative estimate of drug-likeness (QED) is 0.770. The molecule has 1 aromatic heterocycles. The van der Waals surface area contributed by atoms with Crippen LogP contribution in [-0.2, 0) is 15.0 Å². The van der Waals surface area contributed by atoms with Gasteiger partial charge in [0.15, 0.2) is 0 Å². The lowest BCUT2D eigenvalue weighted by molar-refractivity contribution is -0.126. The van der Waals surface area contributed by atoms with Crippen molar-refractivity contribution < 1.29 is 9.59 Å². The number of hydrogen-bond donors (Lipinski definition) is 2. The SMILES string of the molecule is C#CCN1C(=O)C2(CC(=O)Nc3[nH]ncc32)c2ccccc21. The number of amides is 2. The molecule has 0 fully saturated rings. The van der Waals surface area contributed by atoms with Crippen LogP contribution in [0, 0.1) is 12.3 Å². The summed E-state index contributed by atoms with van der Waals surface area (Å²) in [6, 6.07) is 7.44. The van der Waals surface area contributed by atoms with Crippen molar-refractivity contribution in [3.05, 3.63) is 41.6 Å². The van der Waals surface area contributed by atoms with Crippen molar-refractivity contribution in [3.8, 4) is 12.3 Å². The van der Waals surface area contributed by atoms with Crippen molar-refractivity contribution in [2.24, 2.45) is 0 Å². The van der Waals surface area contributed by atoms with Crippen LogP contribution < -0.4 is 10.2 Å². The van der Waals surface area contributed by atoms with Gasteiger partial charge in [0.25, 0.3) is 0 Å². The fourth-order valence-corrected chi connectivity index (χ4v) is 3.43. The predicted molar refractivity (Wildman–Crippen MR) is 80.2 cm³/mol. The van der Waals surface area contributed by atoms with Crippen LogP contribution in [0.2, 0.25) is 0 Å². The van der Waals surface area contributed by atoms with Crippen LogP contribution in [0.4, 0.5) is 11.5 Å². The average molecular weight is 292 g/mol. The van der Waals surface area contributed by atoms with Gasteiger partial charge in [0.2, 0.25) is 11.8 Å². The minimum absolute atomic E-state index is 0.0520. The average Bonchev–Trinajstić information content (AvgIpc) is 3.06. The van der Waals surface area contributed by atoms with Crippen molar-refractivity contribution in [1.29, 1.82) is 0 Å². The lowest BCUT2D eigenvalue weighted by atomic mass is 9.72. The third-order valence-electron chi connectivity index (χ3n) is 4.30. The number of benzene rings is 1. The summed E-state index contributed by atoms with van der Waals surface area (Å²) in [7, 11) is 0. The number of rotatable bonds is 1. The van der Waals surface area contributed by atoms with E-state index in [1.165, 1.54) is 0 Å². The van der Waals surface area contributed by atoms with Gasteiger partial charge in [-0.25, -0.2) is 0 Å². The molecule has 0 bridgehead atoms.